The van der Waals surface area contributed by atoms with Crippen LogP contribution in [0.25, 0.3) is 0 Å². The highest BCUT2D eigenvalue weighted by Crippen LogP contribution is 2.34. The zero-order valence-electron chi connectivity index (χ0n) is 11.5. The van der Waals surface area contributed by atoms with E-state index >= 15 is 0 Å². The first-order chi connectivity index (χ1) is 9.75. The second-order valence-electron chi connectivity index (χ2n) is 4.99. The molecule has 3 heteroatoms. The molecule has 1 aliphatic heterocycles. The molecule has 1 aliphatic rings. The van der Waals surface area contributed by atoms with Crippen molar-refractivity contribution in [2.75, 3.05) is 17.2 Å². The monoisotopic (exact) mass is 283 g/mol. The van der Waals surface area contributed by atoms with Crippen molar-refractivity contribution < 1.29 is 4.79 Å². The number of hydrogen-bond acceptors (Lipinski definition) is 2. The highest BCUT2D eigenvalue weighted by molar-refractivity contribution is 7.99. The Morgan fingerprint density at radius 3 is 2.65 bits per heavy atom. The molecule has 0 aromatic heterocycles. The molecule has 2 aromatic rings. The predicted octanol–water partition coefficient (Wildman–Crippen LogP) is 4.14. The lowest BCUT2D eigenvalue weighted by Gasteiger charge is -2.22. The van der Waals surface area contributed by atoms with Gasteiger partial charge in [0.05, 0.1) is 5.69 Å². The summed E-state index contributed by atoms with van der Waals surface area (Å²) < 4.78 is 0. The van der Waals surface area contributed by atoms with E-state index in [1.165, 1.54) is 10.5 Å². The van der Waals surface area contributed by atoms with Gasteiger partial charge in [-0.1, -0.05) is 29.8 Å². The zero-order valence-corrected chi connectivity index (χ0v) is 12.3. The molecule has 0 bridgehead atoms. The Morgan fingerprint density at radius 1 is 1.10 bits per heavy atom. The van der Waals surface area contributed by atoms with E-state index in [9.17, 15) is 4.79 Å². The predicted molar refractivity (Wildman–Crippen MR) is 84.6 cm³/mol. The maximum absolute atomic E-state index is 12.7. The standard InChI is InChI=1S/C17H17NOS/c1-13-7-9-14(10-8-13)17(19)18-11-4-12-20-16-6-3-2-5-15(16)18/h2-3,5-10H,4,11-12H2,1H3. The van der Waals surface area contributed by atoms with Gasteiger partial charge in [0.25, 0.3) is 5.91 Å². The molecule has 0 atom stereocenters. The van der Waals surface area contributed by atoms with Crippen molar-refractivity contribution in [2.24, 2.45) is 0 Å². The van der Waals surface area contributed by atoms with Gasteiger partial charge in [0.2, 0.25) is 0 Å². The molecule has 0 radical (unpaired) electrons. The van der Waals surface area contributed by atoms with Crippen LogP contribution in [-0.2, 0) is 0 Å². The zero-order chi connectivity index (χ0) is 13.9. The number of anilines is 1. The van der Waals surface area contributed by atoms with Gasteiger partial charge in [-0.3, -0.25) is 4.79 Å². The topological polar surface area (TPSA) is 20.3 Å². The minimum atomic E-state index is 0.0972. The van der Waals surface area contributed by atoms with Crippen molar-refractivity contribution in [2.45, 2.75) is 18.2 Å². The van der Waals surface area contributed by atoms with E-state index in [1.807, 2.05) is 66.1 Å². The average Bonchev–Trinajstić information content (AvgIpc) is 2.69. The Balaban J connectivity index is 1.97. The highest BCUT2D eigenvalue weighted by Gasteiger charge is 2.22. The number of benzene rings is 2. The first kappa shape index (κ1) is 13.3. The van der Waals surface area contributed by atoms with Crippen LogP contribution in [0.3, 0.4) is 0 Å². The van der Waals surface area contributed by atoms with Gasteiger partial charge in [0, 0.05) is 17.0 Å². The Morgan fingerprint density at radius 2 is 1.85 bits per heavy atom. The number of amides is 1. The molecule has 2 aromatic carbocycles. The number of thioether (sulfide) groups is 1. The fraction of sp³-hybridized carbons (Fsp3) is 0.235. The van der Waals surface area contributed by atoms with E-state index in [4.69, 9.17) is 0 Å². The lowest BCUT2D eigenvalue weighted by molar-refractivity contribution is 0.0986. The first-order valence-corrected chi connectivity index (χ1v) is 7.84. The van der Waals surface area contributed by atoms with Crippen LogP contribution in [-0.4, -0.2) is 18.2 Å². The third-order valence-corrected chi connectivity index (χ3v) is 4.63. The van der Waals surface area contributed by atoms with Crippen LogP contribution < -0.4 is 4.90 Å². The van der Waals surface area contributed by atoms with Crippen LogP contribution in [0.1, 0.15) is 22.3 Å². The number of fused-ring (bicyclic) bond motifs is 1. The fourth-order valence-corrected chi connectivity index (χ4v) is 3.38. The van der Waals surface area contributed by atoms with E-state index in [2.05, 4.69) is 6.07 Å². The Hall–Kier alpha value is -1.74. The van der Waals surface area contributed by atoms with E-state index in [0.717, 1.165) is 30.0 Å². The van der Waals surface area contributed by atoms with Crippen LogP contribution in [0.2, 0.25) is 0 Å². The van der Waals surface area contributed by atoms with Crippen molar-refractivity contribution in [1.29, 1.82) is 0 Å². The summed E-state index contributed by atoms with van der Waals surface area (Å²) >= 11 is 1.83. The van der Waals surface area contributed by atoms with Crippen molar-refractivity contribution >= 4 is 23.4 Å². The number of nitrogens with zero attached hydrogens (tertiary/aromatic N) is 1. The van der Waals surface area contributed by atoms with Crippen molar-refractivity contribution in [3.63, 3.8) is 0 Å². The normalized spacial score (nSPS) is 14.6. The minimum absolute atomic E-state index is 0.0972. The second-order valence-corrected chi connectivity index (χ2v) is 6.13. The SMILES string of the molecule is Cc1ccc(C(=O)N2CCCSc3ccccc32)cc1. The molecule has 0 unspecified atom stereocenters. The average molecular weight is 283 g/mol. The summed E-state index contributed by atoms with van der Waals surface area (Å²) in [6.45, 7) is 2.82. The molecule has 0 saturated heterocycles. The molecule has 1 amide bonds. The highest BCUT2D eigenvalue weighted by atomic mass is 32.2. The molecule has 0 spiro atoms. The molecular weight excluding hydrogens is 266 g/mol. The quantitative estimate of drug-likeness (QED) is 0.784. The summed E-state index contributed by atoms with van der Waals surface area (Å²) in [6, 6.07) is 16.0. The van der Waals surface area contributed by atoms with Gasteiger partial charge in [-0.2, -0.15) is 0 Å². The smallest absolute Gasteiger partial charge is 0.258 e. The molecule has 3 rings (SSSR count). The van der Waals surface area contributed by atoms with Crippen LogP contribution in [0, 0.1) is 6.92 Å². The molecule has 2 nitrogen and oxygen atoms in total. The van der Waals surface area contributed by atoms with Crippen LogP contribution in [0.4, 0.5) is 5.69 Å². The molecule has 0 fully saturated rings. The largest absolute Gasteiger partial charge is 0.307 e. The summed E-state index contributed by atoms with van der Waals surface area (Å²) in [4.78, 5) is 15.9. The van der Waals surface area contributed by atoms with E-state index in [1.54, 1.807) is 0 Å². The summed E-state index contributed by atoms with van der Waals surface area (Å²) in [5.41, 5.74) is 2.98. The number of hydrogen-bond donors (Lipinski definition) is 0. The molecule has 0 aliphatic carbocycles. The van der Waals surface area contributed by atoms with Crippen molar-refractivity contribution in [3.8, 4) is 0 Å². The molecular formula is C17H17NOS. The molecule has 20 heavy (non-hydrogen) atoms. The van der Waals surface area contributed by atoms with Crippen LogP contribution >= 0.6 is 11.8 Å². The maximum atomic E-state index is 12.7. The van der Waals surface area contributed by atoms with Crippen molar-refractivity contribution in [1.82, 2.24) is 0 Å². The van der Waals surface area contributed by atoms with Gasteiger partial charge in [0.1, 0.15) is 0 Å². The number of para-hydroxylation sites is 1. The van der Waals surface area contributed by atoms with Gasteiger partial charge in [0.15, 0.2) is 0 Å². The Bertz CT molecular complexity index is 621. The fourth-order valence-electron chi connectivity index (χ4n) is 2.39. The van der Waals surface area contributed by atoms with Gasteiger partial charge < -0.3 is 4.90 Å². The maximum Gasteiger partial charge on any atom is 0.258 e. The van der Waals surface area contributed by atoms with Crippen LogP contribution in [0.15, 0.2) is 53.4 Å². The molecule has 0 N–H and O–H groups in total. The lowest BCUT2D eigenvalue weighted by Crippen LogP contribution is -2.31. The third-order valence-electron chi connectivity index (χ3n) is 3.48. The Kier molecular flexibility index (Phi) is 3.79. The number of rotatable bonds is 1. The third kappa shape index (κ3) is 2.59. The van der Waals surface area contributed by atoms with E-state index in [0.29, 0.717) is 0 Å². The van der Waals surface area contributed by atoms with Crippen LogP contribution in [0.5, 0.6) is 0 Å². The second kappa shape index (κ2) is 5.71. The lowest BCUT2D eigenvalue weighted by atomic mass is 10.1. The van der Waals surface area contributed by atoms with Gasteiger partial charge in [-0.05, 0) is 43.4 Å². The summed E-state index contributed by atoms with van der Waals surface area (Å²) in [7, 11) is 0. The van der Waals surface area contributed by atoms with Gasteiger partial charge in [-0.25, -0.2) is 0 Å². The number of carbonyl (C=O) groups is 1. The number of carbonyl (C=O) groups excluding carboxylic acids is 1. The minimum Gasteiger partial charge on any atom is -0.307 e. The summed E-state index contributed by atoms with van der Waals surface area (Å²) in [5.74, 6) is 1.16. The van der Waals surface area contributed by atoms with E-state index < -0.39 is 0 Å². The molecule has 1 heterocycles. The number of aryl methyl sites for hydroxylation is 1. The van der Waals surface area contributed by atoms with Gasteiger partial charge >= 0.3 is 0 Å². The van der Waals surface area contributed by atoms with E-state index in [-0.39, 0.29) is 5.91 Å². The van der Waals surface area contributed by atoms with Gasteiger partial charge in [-0.15, -0.1) is 11.8 Å². The summed E-state index contributed by atoms with van der Waals surface area (Å²) in [5, 5.41) is 0. The molecule has 0 saturated carbocycles. The van der Waals surface area contributed by atoms with Crippen molar-refractivity contribution in [3.05, 3.63) is 59.7 Å². The first-order valence-electron chi connectivity index (χ1n) is 6.86. The summed E-state index contributed by atoms with van der Waals surface area (Å²) in [6.07, 6.45) is 1.02. The molecule has 102 valence electrons. The Labute approximate surface area is 123 Å².